The zero-order chi connectivity index (χ0) is 36.7. The molecule has 0 aliphatic heterocycles. The van der Waals surface area contributed by atoms with Gasteiger partial charge in [0.2, 0.25) is 0 Å². The quantitative estimate of drug-likeness (QED) is 0.122. The predicted octanol–water partition coefficient (Wildman–Crippen LogP) is 13.9. The maximum Gasteiger partial charge on any atom is 0.164 e. The van der Waals surface area contributed by atoms with Crippen molar-refractivity contribution >= 4 is 65.4 Å². The lowest BCUT2D eigenvalue weighted by Gasteiger charge is -2.12. The smallest absolute Gasteiger partial charge is 0.164 e. The van der Waals surface area contributed by atoms with Crippen molar-refractivity contribution < 1.29 is 0 Å². The molecule has 55 heavy (non-hydrogen) atoms. The number of benzene rings is 8. The van der Waals surface area contributed by atoms with Crippen molar-refractivity contribution in [3.8, 4) is 45.3 Å². The van der Waals surface area contributed by atoms with Gasteiger partial charge in [-0.05, 0) is 83.7 Å². The Morgan fingerprint density at radius 1 is 0.455 bits per heavy atom. The molecule has 0 aliphatic carbocycles. The van der Waals surface area contributed by atoms with Crippen LogP contribution in [-0.2, 0) is 0 Å². The molecule has 10 aromatic rings. The summed E-state index contributed by atoms with van der Waals surface area (Å²) in [6.45, 7) is 4.28. The van der Waals surface area contributed by atoms with Gasteiger partial charge in [0.15, 0.2) is 17.5 Å². The zero-order valence-corrected chi connectivity index (χ0v) is 30.7. The van der Waals surface area contributed by atoms with Crippen LogP contribution in [0, 0.1) is 0 Å². The van der Waals surface area contributed by atoms with E-state index in [9.17, 15) is 0 Å². The lowest BCUT2D eigenvalue weighted by atomic mass is 9.91. The van der Waals surface area contributed by atoms with Crippen LogP contribution in [0.1, 0.15) is 11.1 Å². The van der Waals surface area contributed by atoms with E-state index in [1.807, 2.05) is 66.7 Å². The molecule has 0 amide bonds. The molecule has 0 atom stereocenters. The second-order valence-corrected chi connectivity index (χ2v) is 14.6. The third kappa shape index (κ3) is 5.90. The molecule has 8 aromatic carbocycles. The number of thiophene rings is 1. The Morgan fingerprint density at radius 2 is 0.945 bits per heavy atom. The van der Waals surface area contributed by atoms with Crippen molar-refractivity contribution in [2.45, 2.75) is 0 Å². The van der Waals surface area contributed by atoms with Gasteiger partial charge in [0.05, 0.1) is 0 Å². The lowest BCUT2D eigenvalue weighted by molar-refractivity contribution is 1.07. The van der Waals surface area contributed by atoms with E-state index in [1.54, 1.807) is 11.3 Å². The molecule has 0 N–H and O–H groups in total. The Labute approximate surface area is 323 Å². The fourth-order valence-electron chi connectivity index (χ4n) is 7.71. The van der Waals surface area contributed by atoms with E-state index >= 15 is 0 Å². The van der Waals surface area contributed by atoms with Crippen LogP contribution in [0.4, 0.5) is 0 Å². The minimum Gasteiger partial charge on any atom is -0.208 e. The van der Waals surface area contributed by atoms with Crippen molar-refractivity contribution in [1.29, 1.82) is 0 Å². The molecule has 0 aliphatic rings. The summed E-state index contributed by atoms with van der Waals surface area (Å²) in [7, 11) is 0. The SMILES string of the molecule is C=C/C(=C\c1csc2cccc(-c3ccc(-c4nc(-c5ccccc5)nc(-c5ccccc5)n4)cc3)c12)c1ccc2c3ccccc3c3ccccc3c2c1. The number of rotatable bonds is 7. The predicted molar refractivity (Wildman–Crippen MR) is 234 cm³/mol. The molecule has 10 rings (SSSR count). The summed E-state index contributed by atoms with van der Waals surface area (Å²) in [4.78, 5) is 14.7. The number of nitrogens with zero attached hydrogens (tertiary/aromatic N) is 3. The van der Waals surface area contributed by atoms with Gasteiger partial charge in [-0.15, -0.1) is 11.3 Å². The summed E-state index contributed by atoms with van der Waals surface area (Å²) < 4.78 is 1.24. The summed E-state index contributed by atoms with van der Waals surface area (Å²) in [5, 5.41) is 11.1. The minimum absolute atomic E-state index is 0.642. The third-order valence-corrected chi connectivity index (χ3v) is 11.4. The number of fused-ring (bicyclic) bond motifs is 7. The van der Waals surface area contributed by atoms with Gasteiger partial charge in [-0.2, -0.15) is 0 Å². The molecule has 2 heterocycles. The van der Waals surface area contributed by atoms with Crippen LogP contribution < -0.4 is 0 Å². The molecule has 0 radical (unpaired) electrons. The maximum absolute atomic E-state index is 4.94. The van der Waals surface area contributed by atoms with Crippen molar-refractivity contribution in [1.82, 2.24) is 15.0 Å². The van der Waals surface area contributed by atoms with Crippen LogP contribution in [0.25, 0.3) is 99.3 Å². The molecule has 2 aromatic heterocycles. The van der Waals surface area contributed by atoms with E-state index in [0.717, 1.165) is 33.4 Å². The maximum atomic E-state index is 4.94. The largest absolute Gasteiger partial charge is 0.208 e. The summed E-state index contributed by atoms with van der Waals surface area (Å²) in [5.41, 5.74) is 8.56. The van der Waals surface area contributed by atoms with Crippen LogP contribution in [0.2, 0.25) is 0 Å². The fraction of sp³-hybridized carbons (Fsp3) is 0. The monoisotopic (exact) mass is 719 g/mol. The molecule has 0 spiro atoms. The van der Waals surface area contributed by atoms with Crippen LogP contribution >= 0.6 is 11.3 Å². The Bertz CT molecular complexity index is 3000. The third-order valence-electron chi connectivity index (χ3n) is 10.4. The molecule has 4 heteroatoms. The summed E-state index contributed by atoms with van der Waals surface area (Å²) in [6, 6.07) is 59.6. The Kier molecular flexibility index (Phi) is 8.16. The second-order valence-electron chi connectivity index (χ2n) is 13.6. The van der Waals surface area contributed by atoms with Gasteiger partial charge >= 0.3 is 0 Å². The van der Waals surface area contributed by atoms with Crippen molar-refractivity contribution in [3.05, 3.63) is 199 Å². The van der Waals surface area contributed by atoms with Gasteiger partial charge in [-0.3, -0.25) is 0 Å². The van der Waals surface area contributed by atoms with Gasteiger partial charge in [0.1, 0.15) is 0 Å². The van der Waals surface area contributed by atoms with Gasteiger partial charge < -0.3 is 0 Å². The summed E-state index contributed by atoms with van der Waals surface area (Å²) in [5.74, 6) is 1.95. The van der Waals surface area contributed by atoms with E-state index < -0.39 is 0 Å². The highest BCUT2D eigenvalue weighted by Gasteiger charge is 2.15. The van der Waals surface area contributed by atoms with Gasteiger partial charge in [0, 0.05) is 26.8 Å². The van der Waals surface area contributed by atoms with Gasteiger partial charge in [-0.25, -0.2) is 15.0 Å². The number of hydrogen-bond donors (Lipinski definition) is 0. The zero-order valence-electron chi connectivity index (χ0n) is 29.9. The van der Waals surface area contributed by atoms with Crippen molar-refractivity contribution in [2.24, 2.45) is 0 Å². The van der Waals surface area contributed by atoms with Crippen molar-refractivity contribution in [2.75, 3.05) is 0 Å². The second kappa shape index (κ2) is 13.8. The highest BCUT2D eigenvalue weighted by Crippen LogP contribution is 2.40. The van der Waals surface area contributed by atoms with E-state index in [-0.39, 0.29) is 0 Å². The first-order valence-corrected chi connectivity index (χ1v) is 19.3. The van der Waals surface area contributed by atoms with Crippen LogP contribution in [-0.4, -0.2) is 15.0 Å². The minimum atomic E-state index is 0.642. The van der Waals surface area contributed by atoms with E-state index in [1.165, 1.54) is 53.5 Å². The molecule has 258 valence electrons. The van der Waals surface area contributed by atoms with E-state index in [0.29, 0.717) is 17.5 Å². The highest BCUT2D eigenvalue weighted by atomic mass is 32.1. The van der Waals surface area contributed by atoms with E-state index in [2.05, 4.69) is 127 Å². The van der Waals surface area contributed by atoms with Crippen molar-refractivity contribution in [3.63, 3.8) is 0 Å². The molecule has 0 fully saturated rings. The van der Waals surface area contributed by atoms with Gasteiger partial charge in [-0.1, -0.05) is 170 Å². The van der Waals surface area contributed by atoms with Crippen LogP contribution in [0.3, 0.4) is 0 Å². The summed E-state index contributed by atoms with van der Waals surface area (Å²) in [6.07, 6.45) is 4.27. The molecule has 0 saturated heterocycles. The van der Waals surface area contributed by atoms with Crippen LogP contribution in [0.5, 0.6) is 0 Å². The molecule has 0 unspecified atom stereocenters. The number of hydrogen-bond acceptors (Lipinski definition) is 4. The average Bonchev–Trinajstić information content (AvgIpc) is 3.69. The first-order chi connectivity index (χ1) is 27.2. The summed E-state index contributed by atoms with van der Waals surface area (Å²) >= 11 is 1.77. The molecular formula is C51H33N3S. The Balaban J connectivity index is 1.05. The molecular weight excluding hydrogens is 687 g/mol. The normalized spacial score (nSPS) is 11.8. The standard InChI is InChI=1S/C51H33N3S/c1-2-33(38-28-29-45-43-20-10-9-18-41(43)42-19-11-12-21-44(42)46(45)31-38)30-39-32-55-47-23-13-22-40(48(39)47)34-24-26-37(27-25-34)51-53-49(35-14-5-3-6-15-35)52-50(54-51)36-16-7-4-8-17-36/h2-32H,1H2/b33-30+. The fourth-order valence-corrected chi connectivity index (χ4v) is 8.65. The van der Waals surface area contributed by atoms with E-state index in [4.69, 9.17) is 15.0 Å². The number of aromatic nitrogens is 3. The Morgan fingerprint density at radius 3 is 1.51 bits per heavy atom. The first-order valence-electron chi connectivity index (χ1n) is 18.4. The first kappa shape index (κ1) is 32.6. The van der Waals surface area contributed by atoms with Crippen LogP contribution in [0.15, 0.2) is 188 Å². The topological polar surface area (TPSA) is 38.7 Å². The molecule has 0 bridgehead atoms. The Hall–Kier alpha value is -7.01. The number of allylic oxidation sites excluding steroid dienone is 2. The molecule has 0 saturated carbocycles. The van der Waals surface area contributed by atoms with Gasteiger partial charge in [0.25, 0.3) is 0 Å². The lowest BCUT2D eigenvalue weighted by Crippen LogP contribution is -2.00. The molecule has 3 nitrogen and oxygen atoms in total. The average molecular weight is 720 g/mol. The highest BCUT2D eigenvalue weighted by molar-refractivity contribution is 7.17.